The third kappa shape index (κ3) is 1.73. The number of fused-ring (bicyclic) bond motifs is 1. The number of carbonyl (C=O) groups is 1. The lowest BCUT2D eigenvalue weighted by Crippen LogP contribution is -2.61. The molecule has 0 bridgehead atoms. The number of nitrogens with one attached hydrogen (secondary N) is 1. The van der Waals surface area contributed by atoms with Crippen molar-refractivity contribution in [3.05, 3.63) is 0 Å². The molecule has 0 spiro atoms. The third-order valence-corrected chi connectivity index (χ3v) is 6.05. The molecular weight excluding hydrogens is 230 g/mol. The van der Waals surface area contributed by atoms with E-state index >= 15 is 0 Å². The molecule has 0 amide bonds. The van der Waals surface area contributed by atoms with E-state index in [1.807, 2.05) is 13.8 Å². The van der Waals surface area contributed by atoms with E-state index in [0.717, 1.165) is 6.42 Å². The minimum Gasteiger partial charge on any atom is -0.480 e. The minimum absolute atomic E-state index is 0.147. The summed E-state index contributed by atoms with van der Waals surface area (Å²) in [6, 6.07) is -1.18. The van der Waals surface area contributed by atoms with E-state index in [1.54, 1.807) is 0 Å². The second-order valence-electron chi connectivity index (χ2n) is 5.43. The van der Waals surface area contributed by atoms with Crippen molar-refractivity contribution in [2.75, 3.05) is 5.75 Å². The van der Waals surface area contributed by atoms with Crippen LogP contribution in [0.15, 0.2) is 0 Å². The van der Waals surface area contributed by atoms with Gasteiger partial charge in [-0.05, 0) is 18.3 Å². The van der Waals surface area contributed by atoms with Gasteiger partial charge in [-0.1, -0.05) is 13.8 Å². The van der Waals surface area contributed by atoms with Gasteiger partial charge in [-0.15, -0.1) is 0 Å². The quantitative estimate of drug-likeness (QED) is 0.682. The molecule has 2 fully saturated rings. The van der Waals surface area contributed by atoms with Crippen LogP contribution in [0.1, 0.15) is 26.7 Å². The molecule has 1 saturated heterocycles. The highest BCUT2D eigenvalue weighted by atomic mass is 32.2. The van der Waals surface area contributed by atoms with Crippen molar-refractivity contribution < 1.29 is 18.3 Å². The maximum absolute atomic E-state index is 12.0. The van der Waals surface area contributed by atoms with Crippen LogP contribution >= 0.6 is 0 Å². The molecule has 92 valence electrons. The zero-order valence-corrected chi connectivity index (χ0v) is 10.3. The Labute approximate surface area is 95.1 Å². The Morgan fingerprint density at radius 2 is 2.06 bits per heavy atom. The molecule has 6 heteroatoms. The van der Waals surface area contributed by atoms with Crippen molar-refractivity contribution in [2.24, 2.45) is 5.41 Å². The number of carboxylic acid groups (broad SMARTS) is 1. The van der Waals surface area contributed by atoms with E-state index in [2.05, 4.69) is 5.32 Å². The summed E-state index contributed by atoms with van der Waals surface area (Å²) in [5, 5.41) is 11.5. The second-order valence-corrected chi connectivity index (χ2v) is 7.69. The van der Waals surface area contributed by atoms with Gasteiger partial charge in [0.2, 0.25) is 0 Å². The van der Waals surface area contributed by atoms with Gasteiger partial charge >= 0.3 is 5.97 Å². The van der Waals surface area contributed by atoms with Gasteiger partial charge in [-0.3, -0.25) is 10.1 Å². The molecule has 16 heavy (non-hydrogen) atoms. The molecule has 5 nitrogen and oxygen atoms in total. The molecule has 1 aliphatic carbocycles. The van der Waals surface area contributed by atoms with E-state index in [0.29, 0.717) is 6.42 Å². The van der Waals surface area contributed by atoms with E-state index in [-0.39, 0.29) is 17.2 Å². The summed E-state index contributed by atoms with van der Waals surface area (Å²) in [4.78, 5) is 10.9. The monoisotopic (exact) mass is 247 g/mol. The number of hydrogen-bond donors (Lipinski definition) is 2. The van der Waals surface area contributed by atoms with Gasteiger partial charge in [0.05, 0.1) is 11.0 Å². The van der Waals surface area contributed by atoms with Crippen LogP contribution < -0.4 is 5.32 Å². The first-order valence-corrected chi connectivity index (χ1v) is 7.16. The van der Waals surface area contributed by atoms with E-state index < -0.39 is 27.1 Å². The number of hydrogen-bond acceptors (Lipinski definition) is 4. The molecule has 1 saturated carbocycles. The van der Waals surface area contributed by atoms with E-state index in [4.69, 9.17) is 5.11 Å². The van der Waals surface area contributed by atoms with Gasteiger partial charge in [-0.25, -0.2) is 8.42 Å². The molecule has 1 aliphatic heterocycles. The number of aliphatic carboxylic acids is 1. The summed E-state index contributed by atoms with van der Waals surface area (Å²) in [6.45, 7) is 3.98. The van der Waals surface area contributed by atoms with Crippen LogP contribution in [0.4, 0.5) is 0 Å². The first-order chi connectivity index (χ1) is 7.24. The van der Waals surface area contributed by atoms with Gasteiger partial charge in [0.15, 0.2) is 9.84 Å². The van der Waals surface area contributed by atoms with Crippen molar-refractivity contribution in [3.8, 4) is 0 Å². The molecule has 0 aromatic carbocycles. The zero-order chi connectivity index (χ0) is 12.1. The summed E-state index contributed by atoms with van der Waals surface area (Å²) in [7, 11) is -3.27. The van der Waals surface area contributed by atoms with Gasteiger partial charge in [0, 0.05) is 6.04 Å². The zero-order valence-electron chi connectivity index (χ0n) is 9.43. The Morgan fingerprint density at radius 3 is 2.62 bits per heavy atom. The molecule has 2 aliphatic rings. The number of sulfone groups is 1. The van der Waals surface area contributed by atoms with Crippen molar-refractivity contribution in [1.29, 1.82) is 0 Å². The predicted octanol–water partition coefficient (Wildman–Crippen LogP) is 0.0148. The van der Waals surface area contributed by atoms with Crippen molar-refractivity contribution in [3.63, 3.8) is 0 Å². The Bertz CT molecular complexity index is 415. The van der Waals surface area contributed by atoms with Crippen LogP contribution in [-0.4, -0.2) is 42.6 Å². The average molecular weight is 247 g/mol. The fourth-order valence-corrected chi connectivity index (χ4v) is 5.11. The molecule has 3 unspecified atom stereocenters. The molecule has 3 atom stereocenters. The normalized spacial score (nSPS) is 40.2. The maximum atomic E-state index is 12.0. The summed E-state index contributed by atoms with van der Waals surface area (Å²) >= 11 is 0. The standard InChI is InChI=1S/C10H17NO4S/c1-10(2)4-3-7-8(10)11-6(9(12)13)5-16(7,14)15/h6-8,11H,3-5H2,1-2H3,(H,12,13). The van der Waals surface area contributed by atoms with Crippen LogP contribution in [-0.2, 0) is 14.6 Å². The lowest BCUT2D eigenvalue weighted by Gasteiger charge is -2.37. The van der Waals surface area contributed by atoms with Crippen molar-refractivity contribution in [2.45, 2.75) is 44.0 Å². The van der Waals surface area contributed by atoms with Crippen LogP contribution in [0.2, 0.25) is 0 Å². The fraction of sp³-hybridized carbons (Fsp3) is 0.900. The molecule has 0 aromatic heterocycles. The van der Waals surface area contributed by atoms with E-state index in [9.17, 15) is 13.2 Å². The molecule has 2 rings (SSSR count). The predicted molar refractivity (Wildman–Crippen MR) is 58.9 cm³/mol. The van der Waals surface area contributed by atoms with Gasteiger partial charge in [-0.2, -0.15) is 0 Å². The molecule has 1 heterocycles. The van der Waals surface area contributed by atoms with Crippen molar-refractivity contribution in [1.82, 2.24) is 5.32 Å². The van der Waals surface area contributed by atoms with Crippen LogP contribution in [0.5, 0.6) is 0 Å². The van der Waals surface area contributed by atoms with Crippen LogP contribution in [0, 0.1) is 5.41 Å². The number of carboxylic acids is 1. The van der Waals surface area contributed by atoms with Gasteiger partial charge in [0.25, 0.3) is 0 Å². The highest BCUT2D eigenvalue weighted by Gasteiger charge is 2.53. The Hall–Kier alpha value is -0.620. The maximum Gasteiger partial charge on any atom is 0.321 e. The first kappa shape index (κ1) is 11.9. The summed E-state index contributed by atoms with van der Waals surface area (Å²) in [6.07, 6.45) is 1.46. The lowest BCUT2D eigenvalue weighted by molar-refractivity contribution is -0.139. The van der Waals surface area contributed by atoms with Crippen LogP contribution in [0.25, 0.3) is 0 Å². The third-order valence-electron chi connectivity index (χ3n) is 3.83. The second kappa shape index (κ2) is 3.43. The highest BCUT2D eigenvalue weighted by Crippen LogP contribution is 2.42. The fourth-order valence-electron chi connectivity index (χ4n) is 2.82. The minimum atomic E-state index is -3.27. The Balaban J connectivity index is 2.34. The molecule has 0 radical (unpaired) electrons. The smallest absolute Gasteiger partial charge is 0.321 e. The lowest BCUT2D eigenvalue weighted by atomic mass is 9.87. The first-order valence-electron chi connectivity index (χ1n) is 5.44. The number of rotatable bonds is 1. The summed E-state index contributed by atoms with van der Waals surface area (Å²) in [5.41, 5.74) is -0.147. The summed E-state index contributed by atoms with van der Waals surface area (Å²) < 4.78 is 23.9. The Morgan fingerprint density at radius 1 is 1.44 bits per heavy atom. The average Bonchev–Trinajstić information content (AvgIpc) is 2.42. The topological polar surface area (TPSA) is 83.5 Å². The molecule has 0 aromatic rings. The highest BCUT2D eigenvalue weighted by molar-refractivity contribution is 7.92. The Kier molecular flexibility index (Phi) is 2.54. The summed E-state index contributed by atoms with van der Waals surface area (Å²) in [5.74, 6) is -1.36. The molecular formula is C10H17NO4S. The van der Waals surface area contributed by atoms with Crippen LogP contribution in [0.3, 0.4) is 0 Å². The van der Waals surface area contributed by atoms with Gasteiger partial charge < -0.3 is 5.11 Å². The van der Waals surface area contributed by atoms with Gasteiger partial charge in [0.1, 0.15) is 6.04 Å². The van der Waals surface area contributed by atoms with Crippen molar-refractivity contribution >= 4 is 15.8 Å². The largest absolute Gasteiger partial charge is 0.480 e. The SMILES string of the molecule is CC1(C)CCC2C1NC(C(=O)O)CS2(=O)=O. The van der Waals surface area contributed by atoms with E-state index in [1.165, 1.54) is 0 Å². The molecule has 2 N–H and O–H groups in total.